The molecule has 0 radical (unpaired) electrons. The second-order valence-electron chi connectivity index (χ2n) is 6.94. The molecule has 1 aromatic heterocycles. The zero-order valence-electron chi connectivity index (χ0n) is 15.3. The van der Waals surface area contributed by atoms with Crippen LogP contribution in [0.25, 0.3) is 10.9 Å². The van der Waals surface area contributed by atoms with Crippen LogP contribution >= 0.6 is 12.6 Å². The third-order valence-corrected chi connectivity index (χ3v) is 5.46. The number of likely N-dealkylation sites (tertiary alicyclic amines) is 1. The molecule has 2 amide bonds. The molecule has 0 spiro atoms. The summed E-state index contributed by atoms with van der Waals surface area (Å²) in [6.45, 7) is 0.356. The highest BCUT2D eigenvalue weighted by Gasteiger charge is 2.38. The minimum absolute atomic E-state index is 0.140. The van der Waals surface area contributed by atoms with E-state index in [1.807, 2.05) is 24.3 Å². The first-order valence-electron chi connectivity index (χ1n) is 9.17. The maximum atomic E-state index is 13.1. The molecule has 8 nitrogen and oxygen atoms in total. The molecule has 1 aliphatic heterocycles. The number of amides is 2. The van der Waals surface area contributed by atoms with Crippen LogP contribution in [-0.4, -0.2) is 63.2 Å². The van der Waals surface area contributed by atoms with Crippen LogP contribution in [0.5, 0.6) is 0 Å². The van der Waals surface area contributed by atoms with E-state index in [2.05, 4.69) is 22.9 Å². The fourth-order valence-corrected chi connectivity index (χ4v) is 3.74. The molecule has 0 unspecified atom stereocenters. The molecule has 1 fully saturated rings. The van der Waals surface area contributed by atoms with Gasteiger partial charge in [0.25, 0.3) is 0 Å². The predicted molar refractivity (Wildman–Crippen MR) is 108 cm³/mol. The van der Waals surface area contributed by atoms with Crippen LogP contribution in [0.4, 0.5) is 0 Å². The van der Waals surface area contributed by atoms with E-state index >= 15 is 0 Å². The summed E-state index contributed by atoms with van der Waals surface area (Å²) in [5.41, 5.74) is 7.53. The Morgan fingerprint density at radius 3 is 2.82 bits per heavy atom. The Kier molecular flexibility index (Phi) is 6.25. The maximum Gasteiger partial charge on any atom is 0.326 e. The van der Waals surface area contributed by atoms with Gasteiger partial charge in [-0.2, -0.15) is 12.6 Å². The summed E-state index contributed by atoms with van der Waals surface area (Å²) in [6.07, 6.45) is 3.06. The third-order valence-electron chi connectivity index (χ3n) is 5.07. The van der Waals surface area contributed by atoms with Gasteiger partial charge in [-0.05, 0) is 24.5 Å². The number of carbonyl (C=O) groups excluding carboxylic acids is 2. The van der Waals surface area contributed by atoms with Gasteiger partial charge in [0.2, 0.25) is 11.8 Å². The number of fused-ring (bicyclic) bond motifs is 1. The number of aliphatic carboxylic acids is 1. The van der Waals surface area contributed by atoms with Crippen molar-refractivity contribution in [3.63, 3.8) is 0 Å². The van der Waals surface area contributed by atoms with Crippen LogP contribution in [0.2, 0.25) is 0 Å². The molecule has 0 aliphatic carbocycles. The minimum Gasteiger partial charge on any atom is -0.480 e. The number of carboxylic acids is 1. The number of thiol groups is 1. The van der Waals surface area contributed by atoms with Crippen molar-refractivity contribution in [2.45, 2.75) is 37.4 Å². The van der Waals surface area contributed by atoms with Gasteiger partial charge in [-0.25, -0.2) is 4.79 Å². The molecular weight excluding hydrogens is 380 g/mol. The summed E-state index contributed by atoms with van der Waals surface area (Å²) in [7, 11) is 0. The summed E-state index contributed by atoms with van der Waals surface area (Å²) in [4.78, 5) is 41.5. The first kappa shape index (κ1) is 20.2. The van der Waals surface area contributed by atoms with Crippen LogP contribution in [0.1, 0.15) is 18.4 Å². The van der Waals surface area contributed by atoms with E-state index in [0.29, 0.717) is 19.4 Å². The predicted octanol–water partition coefficient (Wildman–Crippen LogP) is 0.528. The van der Waals surface area contributed by atoms with Gasteiger partial charge in [-0.1, -0.05) is 18.2 Å². The lowest BCUT2D eigenvalue weighted by molar-refractivity contribution is -0.149. The number of nitrogens with zero attached hydrogens (tertiary/aromatic N) is 1. The number of nitrogens with one attached hydrogen (secondary N) is 2. The van der Waals surface area contributed by atoms with Crippen LogP contribution in [0.15, 0.2) is 30.5 Å². The third kappa shape index (κ3) is 4.15. The average molecular weight is 404 g/mol. The van der Waals surface area contributed by atoms with Crippen molar-refractivity contribution in [1.29, 1.82) is 0 Å². The number of nitrogens with two attached hydrogens (primary N) is 1. The molecule has 1 aromatic carbocycles. The van der Waals surface area contributed by atoms with Gasteiger partial charge in [0.1, 0.15) is 12.1 Å². The van der Waals surface area contributed by atoms with Crippen molar-refractivity contribution in [3.05, 3.63) is 36.0 Å². The zero-order chi connectivity index (χ0) is 20.3. The van der Waals surface area contributed by atoms with Gasteiger partial charge in [0, 0.05) is 35.8 Å². The molecule has 2 heterocycles. The van der Waals surface area contributed by atoms with E-state index in [1.165, 1.54) is 4.90 Å². The Morgan fingerprint density at radius 2 is 2.11 bits per heavy atom. The molecule has 28 heavy (non-hydrogen) atoms. The number of aromatic nitrogens is 1. The van der Waals surface area contributed by atoms with E-state index in [1.54, 1.807) is 6.20 Å². The number of carboxylic acid groups (broad SMARTS) is 1. The molecule has 150 valence electrons. The van der Waals surface area contributed by atoms with Gasteiger partial charge in [-0.3, -0.25) is 9.59 Å². The second-order valence-corrected chi connectivity index (χ2v) is 7.31. The Morgan fingerprint density at radius 1 is 1.36 bits per heavy atom. The monoisotopic (exact) mass is 404 g/mol. The van der Waals surface area contributed by atoms with Gasteiger partial charge in [0.05, 0.1) is 6.04 Å². The smallest absolute Gasteiger partial charge is 0.326 e. The van der Waals surface area contributed by atoms with Crippen LogP contribution < -0.4 is 11.1 Å². The van der Waals surface area contributed by atoms with Crippen molar-refractivity contribution in [1.82, 2.24) is 15.2 Å². The fourth-order valence-electron chi connectivity index (χ4n) is 3.57. The van der Waals surface area contributed by atoms with E-state index in [9.17, 15) is 19.5 Å². The van der Waals surface area contributed by atoms with Crippen molar-refractivity contribution in [2.24, 2.45) is 5.73 Å². The number of hydrogen-bond donors (Lipinski definition) is 5. The van der Waals surface area contributed by atoms with Gasteiger partial charge in [-0.15, -0.1) is 0 Å². The van der Waals surface area contributed by atoms with Crippen molar-refractivity contribution >= 4 is 41.3 Å². The summed E-state index contributed by atoms with van der Waals surface area (Å²) in [5, 5.41) is 13.0. The van der Waals surface area contributed by atoms with E-state index in [0.717, 1.165) is 16.5 Å². The summed E-state index contributed by atoms with van der Waals surface area (Å²) >= 11 is 4.03. The number of aromatic amines is 1. The molecule has 0 saturated carbocycles. The van der Waals surface area contributed by atoms with Crippen molar-refractivity contribution < 1.29 is 19.5 Å². The lowest BCUT2D eigenvalue weighted by Crippen LogP contribution is -2.55. The van der Waals surface area contributed by atoms with Crippen LogP contribution in [0.3, 0.4) is 0 Å². The quantitative estimate of drug-likeness (QED) is 0.430. The second kappa shape index (κ2) is 8.66. The summed E-state index contributed by atoms with van der Waals surface area (Å²) in [6, 6.07) is 5.03. The fraction of sp³-hybridized carbons (Fsp3) is 0.421. The zero-order valence-corrected chi connectivity index (χ0v) is 16.2. The number of para-hydroxylation sites is 1. The molecule has 5 N–H and O–H groups in total. The van der Waals surface area contributed by atoms with Gasteiger partial charge < -0.3 is 26.0 Å². The average Bonchev–Trinajstić information content (AvgIpc) is 3.33. The Balaban J connectivity index is 1.87. The van der Waals surface area contributed by atoms with E-state index in [4.69, 9.17) is 5.73 Å². The Hall–Kier alpha value is -2.52. The molecule has 3 rings (SSSR count). The summed E-state index contributed by atoms with van der Waals surface area (Å²) in [5.74, 6) is -1.79. The molecular formula is C19H24N4O4S. The standard InChI is InChI=1S/C19H24N4O4S/c20-13(10-28)17(24)22-15(18(25)23-7-3-6-16(23)19(26)27)8-11-9-21-14-5-2-1-4-12(11)14/h1-2,4-5,9,13,15-16,21,28H,3,6-8,10,20H2,(H,22,24)(H,26,27)/t13-,15-,16-/m0/s1. The number of hydrogen-bond acceptors (Lipinski definition) is 5. The molecule has 0 bridgehead atoms. The van der Waals surface area contributed by atoms with Crippen LogP contribution in [0, 0.1) is 0 Å². The number of benzene rings is 1. The minimum atomic E-state index is -1.03. The normalized spacial score (nSPS) is 18.8. The van der Waals surface area contributed by atoms with Crippen molar-refractivity contribution in [3.8, 4) is 0 Å². The highest BCUT2D eigenvalue weighted by atomic mass is 32.1. The molecule has 9 heteroatoms. The number of carbonyl (C=O) groups is 3. The molecule has 1 saturated heterocycles. The largest absolute Gasteiger partial charge is 0.480 e. The van der Waals surface area contributed by atoms with Gasteiger partial charge >= 0.3 is 5.97 Å². The molecule has 2 aromatic rings. The Bertz CT molecular complexity index is 884. The van der Waals surface area contributed by atoms with Gasteiger partial charge in [0.15, 0.2) is 0 Å². The number of rotatable bonds is 7. The topological polar surface area (TPSA) is 129 Å². The molecule has 1 aliphatic rings. The first-order chi connectivity index (χ1) is 13.4. The Labute approximate surface area is 167 Å². The maximum absolute atomic E-state index is 13.1. The summed E-state index contributed by atoms with van der Waals surface area (Å²) < 4.78 is 0. The highest BCUT2D eigenvalue weighted by Crippen LogP contribution is 2.22. The first-order valence-corrected chi connectivity index (χ1v) is 9.80. The van der Waals surface area contributed by atoms with E-state index in [-0.39, 0.29) is 12.2 Å². The SMILES string of the molecule is N[C@@H](CS)C(=O)N[C@@H](Cc1c[nH]c2ccccc12)C(=O)N1CCC[C@H]1C(=O)O. The lowest BCUT2D eigenvalue weighted by atomic mass is 10.0. The lowest BCUT2D eigenvalue weighted by Gasteiger charge is -2.28. The molecule has 3 atom stereocenters. The van der Waals surface area contributed by atoms with Crippen molar-refractivity contribution in [2.75, 3.05) is 12.3 Å². The number of H-pyrrole nitrogens is 1. The van der Waals surface area contributed by atoms with E-state index < -0.39 is 35.9 Å². The van der Waals surface area contributed by atoms with Crippen LogP contribution in [-0.2, 0) is 20.8 Å². The highest BCUT2D eigenvalue weighted by molar-refractivity contribution is 7.80.